The Morgan fingerprint density at radius 2 is 1.89 bits per heavy atom. The normalized spacial score (nSPS) is 13.7. The van der Waals surface area contributed by atoms with Gasteiger partial charge in [0.05, 0.1) is 18.8 Å². The van der Waals surface area contributed by atoms with Gasteiger partial charge in [-0.15, -0.1) is 0 Å². The number of nitrogens with one attached hydrogen (secondary N) is 1. The van der Waals surface area contributed by atoms with Gasteiger partial charge in [-0.3, -0.25) is 4.79 Å². The molecule has 0 aromatic rings. The fraction of sp³-hybridized carbons (Fsp3) is 0.923. The molecule has 0 aromatic carbocycles. The number of carbonyl (C=O) groups excluding carboxylic acids is 1. The highest BCUT2D eigenvalue weighted by Crippen LogP contribution is 2.15. The van der Waals surface area contributed by atoms with Crippen LogP contribution in [0.5, 0.6) is 0 Å². The number of amides is 1. The molecule has 18 heavy (non-hydrogen) atoms. The second kappa shape index (κ2) is 8.45. The molecule has 0 fully saturated rings. The van der Waals surface area contributed by atoms with Crippen LogP contribution in [0.1, 0.15) is 40.0 Å². The highest BCUT2D eigenvalue weighted by Gasteiger charge is 2.29. The van der Waals surface area contributed by atoms with Gasteiger partial charge in [0.1, 0.15) is 0 Å². The van der Waals surface area contributed by atoms with Crippen LogP contribution in [0.4, 0.5) is 0 Å². The molecule has 0 spiro atoms. The summed E-state index contributed by atoms with van der Waals surface area (Å²) in [5.74, 6) is 0.492. The zero-order chi connectivity index (χ0) is 14.2. The van der Waals surface area contributed by atoms with Crippen molar-refractivity contribution in [2.24, 2.45) is 17.6 Å². The maximum Gasteiger partial charge on any atom is 0.220 e. The number of hydrogen-bond donors (Lipinski definition) is 4. The Morgan fingerprint density at radius 3 is 2.22 bits per heavy atom. The van der Waals surface area contributed by atoms with Gasteiger partial charge < -0.3 is 21.3 Å². The van der Waals surface area contributed by atoms with Crippen LogP contribution >= 0.6 is 0 Å². The Balaban J connectivity index is 4.38. The van der Waals surface area contributed by atoms with Crippen molar-refractivity contribution in [2.45, 2.75) is 45.6 Å². The van der Waals surface area contributed by atoms with E-state index in [2.05, 4.69) is 19.2 Å². The van der Waals surface area contributed by atoms with Crippen LogP contribution in [0, 0.1) is 11.8 Å². The van der Waals surface area contributed by atoms with Gasteiger partial charge in [-0.05, 0) is 31.2 Å². The van der Waals surface area contributed by atoms with Gasteiger partial charge in [-0.1, -0.05) is 20.8 Å². The minimum atomic E-state index is -0.909. The van der Waals surface area contributed by atoms with Crippen molar-refractivity contribution in [1.29, 1.82) is 0 Å². The van der Waals surface area contributed by atoms with Crippen LogP contribution in [0.15, 0.2) is 0 Å². The van der Waals surface area contributed by atoms with Crippen molar-refractivity contribution in [3.63, 3.8) is 0 Å². The van der Waals surface area contributed by atoms with Crippen LogP contribution in [0.3, 0.4) is 0 Å². The second-order valence-corrected chi connectivity index (χ2v) is 5.43. The van der Waals surface area contributed by atoms with Gasteiger partial charge in [0.25, 0.3) is 0 Å². The molecule has 0 heterocycles. The van der Waals surface area contributed by atoms with E-state index in [0.717, 1.165) is 6.42 Å². The van der Waals surface area contributed by atoms with Crippen molar-refractivity contribution in [3.8, 4) is 0 Å². The van der Waals surface area contributed by atoms with Gasteiger partial charge in [-0.25, -0.2) is 0 Å². The Morgan fingerprint density at radius 1 is 1.33 bits per heavy atom. The first kappa shape index (κ1) is 17.4. The van der Waals surface area contributed by atoms with Crippen LogP contribution < -0.4 is 11.1 Å². The molecule has 5 nitrogen and oxygen atoms in total. The second-order valence-electron chi connectivity index (χ2n) is 5.43. The molecule has 1 amide bonds. The summed E-state index contributed by atoms with van der Waals surface area (Å²) in [6.45, 7) is 5.97. The quantitative estimate of drug-likeness (QED) is 0.478. The number of aliphatic hydroxyl groups excluding tert-OH is 2. The van der Waals surface area contributed by atoms with Crippen molar-refractivity contribution >= 4 is 5.91 Å². The van der Waals surface area contributed by atoms with Gasteiger partial charge in [0.2, 0.25) is 5.91 Å². The number of carbonyl (C=O) groups is 1. The fourth-order valence-corrected chi connectivity index (χ4v) is 1.98. The summed E-state index contributed by atoms with van der Waals surface area (Å²) < 4.78 is 0. The van der Waals surface area contributed by atoms with E-state index in [1.807, 2.05) is 6.92 Å². The maximum absolute atomic E-state index is 11.9. The van der Waals surface area contributed by atoms with E-state index in [9.17, 15) is 15.0 Å². The molecule has 0 aliphatic carbocycles. The Bertz CT molecular complexity index is 232. The molecule has 0 saturated heterocycles. The average Bonchev–Trinajstić information content (AvgIpc) is 2.34. The molecular formula is C13H28N2O3. The lowest BCUT2D eigenvalue weighted by atomic mass is 9.92. The minimum Gasteiger partial charge on any atom is -0.394 e. The lowest BCUT2D eigenvalue weighted by molar-refractivity contribution is -0.125. The first-order chi connectivity index (χ1) is 8.42. The molecule has 5 heteroatoms. The first-order valence-corrected chi connectivity index (χ1v) is 6.65. The number of aliphatic hydroxyl groups is 2. The van der Waals surface area contributed by atoms with Crippen molar-refractivity contribution < 1.29 is 15.0 Å². The summed E-state index contributed by atoms with van der Waals surface area (Å²) in [5, 5.41) is 21.2. The summed E-state index contributed by atoms with van der Waals surface area (Å²) in [5.41, 5.74) is 4.74. The van der Waals surface area contributed by atoms with Crippen molar-refractivity contribution in [3.05, 3.63) is 0 Å². The number of nitrogens with two attached hydrogens (primary N) is 1. The summed E-state index contributed by atoms with van der Waals surface area (Å²) in [6, 6.07) is 0. The lowest BCUT2D eigenvalue weighted by Crippen LogP contribution is -2.54. The molecule has 0 radical (unpaired) electrons. The van der Waals surface area contributed by atoms with E-state index >= 15 is 0 Å². The number of hydrogen-bond acceptors (Lipinski definition) is 4. The maximum atomic E-state index is 11.9. The Labute approximate surface area is 110 Å². The molecule has 0 rings (SSSR count). The van der Waals surface area contributed by atoms with E-state index in [1.54, 1.807) is 0 Å². The van der Waals surface area contributed by atoms with Crippen LogP contribution in [0.25, 0.3) is 0 Å². The van der Waals surface area contributed by atoms with Gasteiger partial charge >= 0.3 is 0 Å². The van der Waals surface area contributed by atoms with Crippen LogP contribution in [-0.2, 0) is 4.79 Å². The molecule has 108 valence electrons. The van der Waals surface area contributed by atoms with E-state index in [0.29, 0.717) is 25.3 Å². The lowest BCUT2D eigenvalue weighted by Gasteiger charge is -2.30. The largest absolute Gasteiger partial charge is 0.394 e. The zero-order valence-corrected chi connectivity index (χ0v) is 11.8. The molecule has 0 aliphatic heterocycles. The van der Waals surface area contributed by atoms with E-state index in [4.69, 9.17) is 5.73 Å². The molecule has 0 unspecified atom stereocenters. The Hall–Kier alpha value is -0.650. The molecule has 0 aromatic heterocycles. The highest BCUT2D eigenvalue weighted by molar-refractivity contribution is 5.77. The SMILES string of the molecule is CCC(CO)(CO)NC(=O)C[C@@H](CN)CC(C)C. The predicted octanol–water partition coefficient (Wildman–Crippen LogP) is 0.247. The minimum absolute atomic E-state index is 0.150. The third kappa shape index (κ3) is 5.80. The first-order valence-electron chi connectivity index (χ1n) is 6.65. The fourth-order valence-electron chi connectivity index (χ4n) is 1.98. The highest BCUT2D eigenvalue weighted by atomic mass is 16.3. The van der Waals surface area contributed by atoms with Crippen molar-refractivity contribution in [2.75, 3.05) is 19.8 Å². The smallest absolute Gasteiger partial charge is 0.220 e. The zero-order valence-electron chi connectivity index (χ0n) is 11.8. The van der Waals surface area contributed by atoms with Gasteiger partial charge in [0.15, 0.2) is 0 Å². The summed E-state index contributed by atoms with van der Waals surface area (Å²) in [4.78, 5) is 11.9. The molecule has 0 bridgehead atoms. The van der Waals surface area contributed by atoms with Gasteiger partial charge in [-0.2, -0.15) is 0 Å². The summed E-state index contributed by atoms with van der Waals surface area (Å²) in [6.07, 6.45) is 1.74. The third-order valence-electron chi connectivity index (χ3n) is 3.30. The topological polar surface area (TPSA) is 95.6 Å². The van der Waals surface area contributed by atoms with Gasteiger partial charge in [0, 0.05) is 6.42 Å². The van der Waals surface area contributed by atoms with E-state index in [1.165, 1.54) is 0 Å². The summed E-state index contributed by atoms with van der Waals surface area (Å²) in [7, 11) is 0. The summed E-state index contributed by atoms with van der Waals surface area (Å²) >= 11 is 0. The predicted molar refractivity (Wildman–Crippen MR) is 72.0 cm³/mol. The molecule has 5 N–H and O–H groups in total. The molecular weight excluding hydrogens is 232 g/mol. The molecule has 0 saturated carbocycles. The monoisotopic (exact) mass is 260 g/mol. The number of rotatable bonds is 9. The molecule has 0 aliphatic rings. The average molecular weight is 260 g/mol. The Kier molecular flexibility index (Phi) is 8.15. The van der Waals surface area contributed by atoms with Crippen molar-refractivity contribution in [1.82, 2.24) is 5.32 Å². The van der Waals surface area contributed by atoms with Crippen LogP contribution in [-0.4, -0.2) is 41.4 Å². The van der Waals surface area contributed by atoms with E-state index in [-0.39, 0.29) is 25.0 Å². The van der Waals surface area contributed by atoms with Crippen LogP contribution in [0.2, 0.25) is 0 Å². The third-order valence-corrected chi connectivity index (χ3v) is 3.30. The standard InChI is InChI=1S/C13H28N2O3/c1-4-13(8-16,9-17)15-12(18)6-11(7-14)5-10(2)3/h10-11,16-17H,4-9,14H2,1-3H3,(H,15,18)/t11-/m0/s1. The molecule has 1 atom stereocenters. The van der Waals surface area contributed by atoms with E-state index < -0.39 is 5.54 Å².